The second-order valence-electron chi connectivity index (χ2n) is 3.98. The zero-order valence-corrected chi connectivity index (χ0v) is 12.1. The molecule has 0 fully saturated rings. The SMILES string of the molecule is CCOCc1nc(NC)cc(OC(C)COCC)n1. The maximum atomic E-state index is 5.71. The first-order valence-electron chi connectivity index (χ1n) is 6.57. The molecule has 0 bridgehead atoms. The number of anilines is 1. The summed E-state index contributed by atoms with van der Waals surface area (Å²) in [7, 11) is 1.81. The Morgan fingerprint density at radius 2 is 1.95 bits per heavy atom. The van der Waals surface area contributed by atoms with E-state index in [9.17, 15) is 0 Å². The average Bonchev–Trinajstić information content (AvgIpc) is 2.42. The molecule has 108 valence electrons. The second-order valence-corrected chi connectivity index (χ2v) is 3.98. The predicted octanol–water partition coefficient (Wildman–Crippen LogP) is 1.86. The van der Waals surface area contributed by atoms with Crippen LogP contribution in [0.3, 0.4) is 0 Å². The van der Waals surface area contributed by atoms with Gasteiger partial charge in [0, 0.05) is 26.3 Å². The smallest absolute Gasteiger partial charge is 0.219 e. The van der Waals surface area contributed by atoms with Gasteiger partial charge in [0.2, 0.25) is 5.88 Å². The third kappa shape index (κ3) is 5.85. The lowest BCUT2D eigenvalue weighted by atomic mass is 10.4. The number of ether oxygens (including phenoxy) is 3. The molecule has 0 radical (unpaired) electrons. The standard InChI is InChI=1S/C13H23N3O3/c1-5-17-8-10(3)19-13-7-11(14-4)15-12(16-13)9-18-6-2/h7,10H,5-6,8-9H2,1-4H3,(H,14,15,16). The lowest BCUT2D eigenvalue weighted by Crippen LogP contribution is -2.20. The molecule has 0 spiro atoms. The summed E-state index contributed by atoms with van der Waals surface area (Å²) in [4.78, 5) is 8.61. The highest BCUT2D eigenvalue weighted by molar-refractivity contribution is 5.37. The van der Waals surface area contributed by atoms with Crippen molar-refractivity contribution in [1.82, 2.24) is 9.97 Å². The highest BCUT2D eigenvalue weighted by Crippen LogP contribution is 2.15. The largest absolute Gasteiger partial charge is 0.472 e. The monoisotopic (exact) mass is 269 g/mol. The number of nitrogens with one attached hydrogen (secondary N) is 1. The summed E-state index contributed by atoms with van der Waals surface area (Å²) in [6.45, 7) is 8.05. The fourth-order valence-electron chi connectivity index (χ4n) is 1.44. The molecule has 1 N–H and O–H groups in total. The molecular formula is C13H23N3O3. The number of hydrogen-bond donors (Lipinski definition) is 1. The van der Waals surface area contributed by atoms with Gasteiger partial charge < -0.3 is 19.5 Å². The summed E-state index contributed by atoms with van der Waals surface area (Å²) in [5.41, 5.74) is 0. The van der Waals surface area contributed by atoms with Crippen molar-refractivity contribution < 1.29 is 14.2 Å². The van der Waals surface area contributed by atoms with Gasteiger partial charge in [0.1, 0.15) is 18.5 Å². The maximum Gasteiger partial charge on any atom is 0.219 e. The van der Waals surface area contributed by atoms with Gasteiger partial charge in [-0.1, -0.05) is 0 Å². The van der Waals surface area contributed by atoms with Gasteiger partial charge in [-0.25, -0.2) is 4.98 Å². The first-order valence-corrected chi connectivity index (χ1v) is 6.57. The van der Waals surface area contributed by atoms with Crippen molar-refractivity contribution in [1.29, 1.82) is 0 Å². The lowest BCUT2D eigenvalue weighted by Gasteiger charge is -2.15. The minimum Gasteiger partial charge on any atom is -0.472 e. The fourth-order valence-corrected chi connectivity index (χ4v) is 1.44. The van der Waals surface area contributed by atoms with Gasteiger partial charge >= 0.3 is 0 Å². The third-order valence-electron chi connectivity index (χ3n) is 2.32. The first-order chi connectivity index (χ1) is 9.19. The minimum atomic E-state index is -0.0560. The van der Waals surface area contributed by atoms with Gasteiger partial charge in [-0.3, -0.25) is 0 Å². The van der Waals surface area contributed by atoms with Gasteiger partial charge in [0.05, 0.1) is 6.61 Å². The van der Waals surface area contributed by atoms with Crippen LogP contribution in [0.25, 0.3) is 0 Å². The van der Waals surface area contributed by atoms with Crippen LogP contribution >= 0.6 is 0 Å². The molecule has 1 heterocycles. The van der Waals surface area contributed by atoms with Gasteiger partial charge in [-0.05, 0) is 20.8 Å². The average molecular weight is 269 g/mol. The van der Waals surface area contributed by atoms with Crippen LogP contribution in [0.2, 0.25) is 0 Å². The normalized spacial score (nSPS) is 12.2. The van der Waals surface area contributed by atoms with Gasteiger partial charge in [0.15, 0.2) is 5.82 Å². The molecule has 19 heavy (non-hydrogen) atoms. The van der Waals surface area contributed by atoms with E-state index >= 15 is 0 Å². The molecule has 1 aromatic rings. The molecular weight excluding hydrogens is 246 g/mol. The van der Waals surface area contributed by atoms with Crippen LogP contribution in [-0.2, 0) is 16.1 Å². The van der Waals surface area contributed by atoms with Crippen molar-refractivity contribution >= 4 is 5.82 Å². The zero-order chi connectivity index (χ0) is 14.1. The van der Waals surface area contributed by atoms with Crippen LogP contribution in [-0.4, -0.2) is 42.9 Å². The van der Waals surface area contributed by atoms with E-state index < -0.39 is 0 Å². The molecule has 1 atom stereocenters. The molecule has 0 saturated heterocycles. The Bertz CT molecular complexity index is 374. The number of rotatable bonds is 9. The van der Waals surface area contributed by atoms with E-state index in [0.29, 0.717) is 43.9 Å². The van der Waals surface area contributed by atoms with Crippen molar-refractivity contribution in [3.05, 3.63) is 11.9 Å². The van der Waals surface area contributed by atoms with Crippen LogP contribution in [0.4, 0.5) is 5.82 Å². The Hall–Kier alpha value is -1.40. The summed E-state index contributed by atoms with van der Waals surface area (Å²) < 4.78 is 16.3. The Kier molecular flexibility index (Phi) is 7.14. The van der Waals surface area contributed by atoms with E-state index in [2.05, 4.69) is 15.3 Å². The second kappa shape index (κ2) is 8.66. The van der Waals surface area contributed by atoms with Crippen molar-refractivity contribution in [3.63, 3.8) is 0 Å². The fraction of sp³-hybridized carbons (Fsp3) is 0.692. The van der Waals surface area contributed by atoms with E-state index in [4.69, 9.17) is 14.2 Å². The van der Waals surface area contributed by atoms with Crippen LogP contribution < -0.4 is 10.1 Å². The van der Waals surface area contributed by atoms with Crippen molar-refractivity contribution in [2.45, 2.75) is 33.5 Å². The van der Waals surface area contributed by atoms with Crippen LogP contribution in [0.1, 0.15) is 26.6 Å². The van der Waals surface area contributed by atoms with E-state index in [1.165, 1.54) is 0 Å². The van der Waals surface area contributed by atoms with Gasteiger partial charge in [0.25, 0.3) is 0 Å². The van der Waals surface area contributed by atoms with Crippen molar-refractivity contribution in [3.8, 4) is 5.88 Å². The van der Waals surface area contributed by atoms with Crippen LogP contribution in [0.5, 0.6) is 5.88 Å². The highest BCUT2D eigenvalue weighted by Gasteiger charge is 2.09. The predicted molar refractivity (Wildman–Crippen MR) is 73.5 cm³/mol. The Morgan fingerprint density at radius 1 is 1.21 bits per heavy atom. The molecule has 0 saturated carbocycles. The molecule has 0 aliphatic carbocycles. The molecule has 6 heteroatoms. The van der Waals surface area contributed by atoms with E-state index in [1.54, 1.807) is 13.1 Å². The Labute approximate surface area is 114 Å². The summed E-state index contributed by atoms with van der Waals surface area (Å²) in [6.07, 6.45) is -0.0560. The van der Waals surface area contributed by atoms with E-state index in [0.717, 1.165) is 0 Å². The third-order valence-corrected chi connectivity index (χ3v) is 2.32. The van der Waals surface area contributed by atoms with Crippen molar-refractivity contribution in [2.75, 3.05) is 32.2 Å². The molecule has 1 unspecified atom stereocenters. The zero-order valence-electron chi connectivity index (χ0n) is 12.1. The molecule has 6 nitrogen and oxygen atoms in total. The van der Waals surface area contributed by atoms with Crippen LogP contribution in [0.15, 0.2) is 6.07 Å². The van der Waals surface area contributed by atoms with Gasteiger partial charge in [-0.15, -0.1) is 0 Å². The molecule has 0 amide bonds. The van der Waals surface area contributed by atoms with Crippen molar-refractivity contribution in [2.24, 2.45) is 0 Å². The minimum absolute atomic E-state index is 0.0560. The Balaban J connectivity index is 2.69. The molecule has 0 aliphatic rings. The lowest BCUT2D eigenvalue weighted by molar-refractivity contribution is 0.0626. The topological polar surface area (TPSA) is 65.5 Å². The highest BCUT2D eigenvalue weighted by atomic mass is 16.5. The van der Waals surface area contributed by atoms with E-state index in [-0.39, 0.29) is 6.10 Å². The molecule has 0 aliphatic heterocycles. The van der Waals surface area contributed by atoms with E-state index in [1.807, 2.05) is 20.8 Å². The summed E-state index contributed by atoms with van der Waals surface area (Å²) in [6, 6.07) is 1.76. The first kappa shape index (κ1) is 15.7. The molecule has 1 rings (SSSR count). The van der Waals surface area contributed by atoms with Crippen LogP contribution in [0, 0.1) is 0 Å². The maximum absolute atomic E-state index is 5.71. The molecule has 0 aromatic carbocycles. The number of nitrogens with zero attached hydrogens (tertiary/aromatic N) is 2. The van der Waals surface area contributed by atoms with Gasteiger partial charge in [-0.2, -0.15) is 4.98 Å². The summed E-state index contributed by atoms with van der Waals surface area (Å²) >= 11 is 0. The number of aromatic nitrogens is 2. The summed E-state index contributed by atoms with van der Waals surface area (Å²) in [5, 5.41) is 2.98. The Morgan fingerprint density at radius 3 is 2.58 bits per heavy atom. The summed E-state index contributed by atoms with van der Waals surface area (Å²) in [5.74, 6) is 1.84. The molecule has 1 aromatic heterocycles. The number of hydrogen-bond acceptors (Lipinski definition) is 6. The quantitative estimate of drug-likeness (QED) is 0.738.